The van der Waals surface area contributed by atoms with Crippen LogP contribution in [-0.4, -0.2) is 48.7 Å². The van der Waals surface area contributed by atoms with Gasteiger partial charge in [0.2, 0.25) is 10.0 Å². The van der Waals surface area contributed by atoms with E-state index in [0.717, 1.165) is 24.0 Å². The van der Waals surface area contributed by atoms with Gasteiger partial charge in [0.1, 0.15) is 0 Å². The zero-order valence-electron chi connectivity index (χ0n) is 17.6. The van der Waals surface area contributed by atoms with Crippen LogP contribution in [0.1, 0.15) is 46.8 Å². The lowest BCUT2D eigenvalue weighted by atomic mass is 10.0. The number of aromatic nitrogens is 1. The third kappa shape index (κ3) is 4.67. The highest BCUT2D eigenvalue weighted by Gasteiger charge is 2.30. The predicted octanol–water partition coefficient (Wildman–Crippen LogP) is 3.39. The Labute approximate surface area is 173 Å². The Morgan fingerprint density at radius 3 is 2.41 bits per heavy atom. The van der Waals surface area contributed by atoms with Gasteiger partial charge in [-0.05, 0) is 73.6 Å². The number of hydrogen-bond acceptors (Lipinski definition) is 4. The van der Waals surface area contributed by atoms with E-state index in [1.54, 1.807) is 40.8 Å². The smallest absolute Gasteiger partial charge is 0.253 e. The lowest BCUT2D eigenvalue weighted by Gasteiger charge is -2.30. The van der Waals surface area contributed by atoms with E-state index < -0.39 is 10.0 Å². The first-order valence-corrected chi connectivity index (χ1v) is 11.4. The standard InChI is InChI=1S/C22H29N3O3S/c1-16-7-11-25(12-8-16)29(27,28)21-14-20(13-17(2)18(21)3)22(26)24(4)15-19-5-9-23-10-6-19/h5-6,9-10,13-14,16H,7-8,11-12,15H2,1-4H3. The molecule has 1 aromatic heterocycles. The Balaban J connectivity index is 1.90. The molecule has 1 aromatic carbocycles. The monoisotopic (exact) mass is 415 g/mol. The SMILES string of the molecule is Cc1cc(C(=O)N(C)Cc2ccncc2)cc(S(=O)(=O)N2CCC(C)CC2)c1C. The molecule has 1 fully saturated rings. The molecule has 3 rings (SSSR count). The lowest BCUT2D eigenvalue weighted by Crippen LogP contribution is -2.38. The average Bonchev–Trinajstić information content (AvgIpc) is 2.70. The summed E-state index contributed by atoms with van der Waals surface area (Å²) in [4.78, 5) is 18.8. The highest BCUT2D eigenvalue weighted by molar-refractivity contribution is 7.89. The number of amides is 1. The van der Waals surface area contributed by atoms with Crippen molar-refractivity contribution >= 4 is 15.9 Å². The first-order valence-electron chi connectivity index (χ1n) is 9.96. The summed E-state index contributed by atoms with van der Waals surface area (Å²) in [5.74, 6) is 0.340. The fourth-order valence-corrected chi connectivity index (χ4v) is 5.43. The van der Waals surface area contributed by atoms with E-state index in [4.69, 9.17) is 0 Å². The van der Waals surface area contributed by atoms with Crippen molar-refractivity contribution in [3.8, 4) is 0 Å². The second-order valence-corrected chi connectivity index (χ2v) is 9.93. The molecule has 7 heteroatoms. The first-order chi connectivity index (χ1) is 13.7. The maximum Gasteiger partial charge on any atom is 0.253 e. The molecule has 0 aliphatic carbocycles. The van der Waals surface area contributed by atoms with Gasteiger partial charge in [-0.3, -0.25) is 9.78 Å². The minimum absolute atomic E-state index is 0.200. The highest BCUT2D eigenvalue weighted by atomic mass is 32.2. The average molecular weight is 416 g/mol. The van der Waals surface area contributed by atoms with Gasteiger partial charge in [0.15, 0.2) is 0 Å². The van der Waals surface area contributed by atoms with Crippen molar-refractivity contribution in [2.45, 2.75) is 45.1 Å². The number of benzene rings is 1. The second-order valence-electron chi connectivity index (χ2n) is 8.02. The fraction of sp³-hybridized carbons (Fsp3) is 0.455. The number of piperidine rings is 1. The Morgan fingerprint density at radius 2 is 1.79 bits per heavy atom. The summed E-state index contributed by atoms with van der Waals surface area (Å²) in [5, 5.41) is 0. The van der Waals surface area contributed by atoms with Gasteiger partial charge in [0.05, 0.1) is 4.90 Å². The second kappa shape index (κ2) is 8.63. The first kappa shape index (κ1) is 21.5. The van der Waals surface area contributed by atoms with E-state index in [0.29, 0.717) is 36.7 Å². The van der Waals surface area contributed by atoms with Gasteiger partial charge in [0, 0.05) is 44.6 Å². The molecule has 2 aromatic rings. The third-order valence-electron chi connectivity index (χ3n) is 5.74. The van der Waals surface area contributed by atoms with Crippen LogP contribution in [0.5, 0.6) is 0 Å². The normalized spacial score (nSPS) is 16.0. The Bertz CT molecular complexity index is 982. The third-order valence-corrected chi connectivity index (χ3v) is 7.77. The maximum absolute atomic E-state index is 13.3. The number of aryl methyl sites for hydroxylation is 1. The van der Waals surface area contributed by atoms with Crippen molar-refractivity contribution in [2.75, 3.05) is 20.1 Å². The quantitative estimate of drug-likeness (QED) is 0.750. The Hall–Kier alpha value is -2.25. The summed E-state index contributed by atoms with van der Waals surface area (Å²) in [6.07, 6.45) is 5.11. The molecule has 1 saturated heterocycles. The van der Waals surface area contributed by atoms with Gasteiger partial charge < -0.3 is 4.90 Å². The largest absolute Gasteiger partial charge is 0.337 e. The molecule has 2 heterocycles. The van der Waals surface area contributed by atoms with E-state index >= 15 is 0 Å². The van der Waals surface area contributed by atoms with Crippen LogP contribution >= 0.6 is 0 Å². The van der Waals surface area contributed by atoms with Crippen molar-refractivity contribution in [3.05, 3.63) is 58.9 Å². The van der Waals surface area contributed by atoms with Crippen LogP contribution in [0.15, 0.2) is 41.6 Å². The topological polar surface area (TPSA) is 70.6 Å². The van der Waals surface area contributed by atoms with E-state index in [9.17, 15) is 13.2 Å². The van der Waals surface area contributed by atoms with Crippen molar-refractivity contribution in [3.63, 3.8) is 0 Å². The molecular weight excluding hydrogens is 386 g/mol. The lowest BCUT2D eigenvalue weighted by molar-refractivity contribution is 0.0784. The van der Waals surface area contributed by atoms with Crippen molar-refractivity contribution in [1.82, 2.24) is 14.2 Å². The molecule has 6 nitrogen and oxygen atoms in total. The predicted molar refractivity (Wildman–Crippen MR) is 113 cm³/mol. The van der Waals surface area contributed by atoms with Crippen LogP contribution in [0.3, 0.4) is 0 Å². The van der Waals surface area contributed by atoms with E-state index in [1.807, 2.05) is 26.0 Å². The molecule has 0 bridgehead atoms. The van der Waals surface area contributed by atoms with Gasteiger partial charge in [-0.25, -0.2) is 8.42 Å². The zero-order valence-corrected chi connectivity index (χ0v) is 18.4. The summed E-state index contributed by atoms with van der Waals surface area (Å²) in [5.41, 5.74) is 2.87. The minimum atomic E-state index is -3.62. The van der Waals surface area contributed by atoms with Crippen LogP contribution < -0.4 is 0 Å². The maximum atomic E-state index is 13.3. The van der Waals surface area contributed by atoms with Gasteiger partial charge in [-0.2, -0.15) is 4.31 Å². The Morgan fingerprint density at radius 1 is 1.17 bits per heavy atom. The summed E-state index contributed by atoms with van der Waals surface area (Å²) >= 11 is 0. The van der Waals surface area contributed by atoms with Gasteiger partial charge >= 0.3 is 0 Å². The minimum Gasteiger partial charge on any atom is -0.337 e. The molecule has 156 valence electrons. The van der Waals surface area contributed by atoms with Crippen molar-refractivity contribution in [1.29, 1.82) is 0 Å². The van der Waals surface area contributed by atoms with Gasteiger partial charge in [-0.1, -0.05) is 6.92 Å². The van der Waals surface area contributed by atoms with Crippen LogP contribution in [-0.2, 0) is 16.6 Å². The molecule has 1 aliphatic rings. The number of pyridine rings is 1. The fourth-order valence-electron chi connectivity index (χ4n) is 3.64. The van der Waals surface area contributed by atoms with Crippen LogP contribution in [0.25, 0.3) is 0 Å². The van der Waals surface area contributed by atoms with Crippen LogP contribution in [0, 0.1) is 19.8 Å². The van der Waals surface area contributed by atoms with Crippen LogP contribution in [0.4, 0.5) is 0 Å². The van der Waals surface area contributed by atoms with Crippen molar-refractivity contribution in [2.24, 2.45) is 5.92 Å². The van der Waals surface area contributed by atoms with E-state index in [-0.39, 0.29) is 10.8 Å². The molecule has 0 atom stereocenters. The summed E-state index contributed by atoms with van der Waals surface area (Å²) in [7, 11) is -1.90. The molecule has 29 heavy (non-hydrogen) atoms. The molecular formula is C22H29N3O3S. The zero-order chi connectivity index (χ0) is 21.2. The molecule has 1 amide bonds. The number of rotatable bonds is 5. The number of nitrogens with zero attached hydrogens (tertiary/aromatic N) is 3. The number of sulfonamides is 1. The van der Waals surface area contributed by atoms with Crippen molar-refractivity contribution < 1.29 is 13.2 Å². The Kier molecular flexibility index (Phi) is 6.39. The number of carbonyl (C=O) groups excluding carboxylic acids is 1. The van der Waals surface area contributed by atoms with Crippen LogP contribution in [0.2, 0.25) is 0 Å². The van der Waals surface area contributed by atoms with E-state index in [1.165, 1.54) is 0 Å². The molecule has 0 unspecified atom stereocenters. The number of hydrogen-bond donors (Lipinski definition) is 0. The molecule has 1 aliphatic heterocycles. The molecule has 0 N–H and O–H groups in total. The summed E-state index contributed by atoms with van der Waals surface area (Å²) in [6.45, 7) is 7.30. The summed E-state index contributed by atoms with van der Waals surface area (Å²) < 4.78 is 28.2. The van der Waals surface area contributed by atoms with Gasteiger partial charge in [0.25, 0.3) is 5.91 Å². The highest BCUT2D eigenvalue weighted by Crippen LogP contribution is 2.28. The van der Waals surface area contributed by atoms with Gasteiger partial charge in [-0.15, -0.1) is 0 Å². The summed E-state index contributed by atoms with van der Waals surface area (Å²) in [6, 6.07) is 7.04. The molecule has 0 saturated carbocycles. The van der Waals surface area contributed by atoms with E-state index in [2.05, 4.69) is 11.9 Å². The number of carbonyl (C=O) groups is 1. The molecule has 0 spiro atoms. The molecule has 0 radical (unpaired) electrons.